The third kappa shape index (κ3) is 2.05. The van der Waals surface area contributed by atoms with Crippen LogP contribution in [-0.2, 0) is 0 Å². The minimum absolute atomic E-state index is 0.149. The summed E-state index contributed by atoms with van der Waals surface area (Å²) in [6.07, 6.45) is 0.511. The molecule has 0 aliphatic heterocycles. The molecule has 4 nitrogen and oxygen atoms in total. The third-order valence-electron chi connectivity index (χ3n) is 3.43. The fourth-order valence-electron chi connectivity index (χ4n) is 2.29. The van der Waals surface area contributed by atoms with E-state index in [2.05, 4.69) is 10.2 Å². The lowest BCUT2D eigenvalue weighted by atomic mass is 9.99. The average molecular weight is 265 g/mol. The van der Waals surface area contributed by atoms with Crippen molar-refractivity contribution >= 4 is 22.5 Å². The molecule has 3 aromatic rings. The molecule has 2 aromatic carbocycles. The Morgan fingerprint density at radius 3 is 2.80 bits per heavy atom. The number of rotatable bonds is 3. The molecule has 0 saturated carbocycles. The fourth-order valence-corrected chi connectivity index (χ4v) is 2.29. The zero-order chi connectivity index (χ0) is 14.1. The number of fused-ring (bicyclic) bond motifs is 1. The molecule has 0 aliphatic rings. The highest BCUT2D eigenvalue weighted by Gasteiger charge is 2.07. The molecule has 3 N–H and O–H groups in total. The zero-order valence-corrected chi connectivity index (χ0v) is 11.2. The van der Waals surface area contributed by atoms with Gasteiger partial charge in [0.15, 0.2) is 11.6 Å². The summed E-state index contributed by atoms with van der Waals surface area (Å²) in [4.78, 5) is 11.8. The van der Waals surface area contributed by atoms with Gasteiger partial charge >= 0.3 is 0 Å². The van der Waals surface area contributed by atoms with E-state index in [1.54, 1.807) is 0 Å². The number of nitrogen functional groups attached to an aromatic ring is 1. The lowest BCUT2D eigenvalue weighted by Gasteiger charge is -2.05. The van der Waals surface area contributed by atoms with Gasteiger partial charge in [0.2, 0.25) is 0 Å². The Kier molecular flexibility index (Phi) is 2.99. The van der Waals surface area contributed by atoms with Crippen molar-refractivity contribution in [2.45, 2.75) is 13.3 Å². The van der Waals surface area contributed by atoms with Crippen molar-refractivity contribution < 1.29 is 4.79 Å². The van der Waals surface area contributed by atoms with Crippen molar-refractivity contribution in [3.63, 3.8) is 0 Å². The van der Waals surface area contributed by atoms with Gasteiger partial charge in [-0.25, -0.2) is 0 Å². The minimum atomic E-state index is 0.149. The van der Waals surface area contributed by atoms with Crippen LogP contribution in [0.1, 0.15) is 23.7 Å². The molecule has 0 unspecified atom stereocenters. The number of anilines is 1. The van der Waals surface area contributed by atoms with Crippen LogP contribution in [0.25, 0.3) is 22.0 Å². The molecule has 0 amide bonds. The monoisotopic (exact) mass is 265 g/mol. The van der Waals surface area contributed by atoms with Crippen LogP contribution in [0.5, 0.6) is 0 Å². The summed E-state index contributed by atoms with van der Waals surface area (Å²) in [5.41, 5.74) is 9.51. The maximum absolute atomic E-state index is 11.8. The molecule has 20 heavy (non-hydrogen) atoms. The molecule has 4 heteroatoms. The first-order valence-electron chi connectivity index (χ1n) is 6.56. The van der Waals surface area contributed by atoms with E-state index in [1.807, 2.05) is 49.4 Å². The molecule has 1 heterocycles. The van der Waals surface area contributed by atoms with Gasteiger partial charge in [0.05, 0.1) is 5.52 Å². The Morgan fingerprint density at radius 1 is 1.20 bits per heavy atom. The summed E-state index contributed by atoms with van der Waals surface area (Å²) < 4.78 is 0. The Labute approximate surface area is 116 Å². The number of ketones is 1. The lowest BCUT2D eigenvalue weighted by molar-refractivity contribution is 0.0988. The normalized spacial score (nSPS) is 10.8. The number of hydrogen-bond donors (Lipinski definition) is 2. The van der Waals surface area contributed by atoms with Crippen molar-refractivity contribution in [3.8, 4) is 11.1 Å². The predicted molar refractivity (Wildman–Crippen MR) is 80.6 cm³/mol. The van der Waals surface area contributed by atoms with E-state index in [9.17, 15) is 4.79 Å². The molecule has 0 spiro atoms. The fraction of sp³-hybridized carbons (Fsp3) is 0.125. The highest BCUT2D eigenvalue weighted by Crippen LogP contribution is 2.27. The Hall–Kier alpha value is -2.62. The van der Waals surface area contributed by atoms with E-state index in [-0.39, 0.29) is 5.78 Å². The summed E-state index contributed by atoms with van der Waals surface area (Å²) in [5.74, 6) is 0.637. The van der Waals surface area contributed by atoms with Gasteiger partial charge in [-0.3, -0.25) is 9.89 Å². The van der Waals surface area contributed by atoms with Crippen LogP contribution < -0.4 is 5.73 Å². The standard InChI is InChI=1S/C16H15N3O/c1-2-15(20)12-5-3-4-10(8-12)11-6-7-14-13(9-11)16(17)19-18-14/h3-9H,2H2,1H3,(H3,17,18,19). The van der Waals surface area contributed by atoms with Gasteiger partial charge in [0.1, 0.15) is 0 Å². The van der Waals surface area contributed by atoms with Crippen LogP contribution in [0.3, 0.4) is 0 Å². The Morgan fingerprint density at radius 2 is 2.00 bits per heavy atom. The van der Waals surface area contributed by atoms with Crippen molar-refractivity contribution in [1.82, 2.24) is 10.2 Å². The number of nitrogens with one attached hydrogen (secondary N) is 1. The van der Waals surface area contributed by atoms with E-state index in [0.29, 0.717) is 12.2 Å². The largest absolute Gasteiger partial charge is 0.382 e. The number of aromatic amines is 1. The van der Waals surface area contributed by atoms with Crippen LogP contribution >= 0.6 is 0 Å². The van der Waals surface area contributed by atoms with Gasteiger partial charge in [0.25, 0.3) is 0 Å². The van der Waals surface area contributed by atoms with Gasteiger partial charge in [-0.05, 0) is 29.3 Å². The first-order chi connectivity index (χ1) is 9.69. The van der Waals surface area contributed by atoms with Crippen molar-refractivity contribution in [2.24, 2.45) is 0 Å². The first-order valence-corrected chi connectivity index (χ1v) is 6.56. The minimum Gasteiger partial charge on any atom is -0.382 e. The molecule has 0 radical (unpaired) electrons. The highest BCUT2D eigenvalue weighted by molar-refractivity contribution is 5.97. The van der Waals surface area contributed by atoms with Crippen molar-refractivity contribution in [3.05, 3.63) is 48.0 Å². The van der Waals surface area contributed by atoms with Crippen molar-refractivity contribution in [2.75, 3.05) is 5.73 Å². The van der Waals surface area contributed by atoms with Gasteiger partial charge in [-0.1, -0.05) is 31.2 Å². The maximum atomic E-state index is 11.8. The smallest absolute Gasteiger partial charge is 0.162 e. The van der Waals surface area contributed by atoms with Gasteiger partial charge in [-0.15, -0.1) is 0 Å². The number of nitrogens with zero attached hydrogens (tertiary/aromatic N) is 1. The molecule has 3 rings (SSSR count). The van der Waals surface area contributed by atoms with Gasteiger partial charge < -0.3 is 5.73 Å². The van der Waals surface area contributed by atoms with E-state index < -0.39 is 0 Å². The van der Waals surface area contributed by atoms with Gasteiger partial charge in [-0.2, -0.15) is 5.10 Å². The molecule has 0 bridgehead atoms. The number of hydrogen-bond acceptors (Lipinski definition) is 3. The third-order valence-corrected chi connectivity index (χ3v) is 3.43. The number of carbonyl (C=O) groups is 1. The number of Topliss-reactive ketones (excluding diaryl/α,β-unsaturated/α-hetero) is 1. The Bertz CT molecular complexity index is 789. The second kappa shape index (κ2) is 4.81. The highest BCUT2D eigenvalue weighted by atomic mass is 16.1. The summed E-state index contributed by atoms with van der Waals surface area (Å²) in [6.45, 7) is 1.87. The van der Waals surface area contributed by atoms with Gasteiger partial charge in [0, 0.05) is 17.4 Å². The maximum Gasteiger partial charge on any atom is 0.162 e. The SMILES string of the molecule is CCC(=O)c1cccc(-c2ccc3[nH]nc(N)c3c2)c1. The van der Waals surface area contributed by atoms with E-state index in [4.69, 9.17) is 5.73 Å². The Balaban J connectivity index is 2.10. The summed E-state index contributed by atoms with van der Waals surface area (Å²) >= 11 is 0. The number of nitrogens with two attached hydrogens (primary N) is 1. The van der Waals surface area contributed by atoms with Crippen LogP contribution in [0.4, 0.5) is 5.82 Å². The second-order valence-electron chi connectivity index (χ2n) is 4.73. The zero-order valence-electron chi connectivity index (χ0n) is 11.2. The molecular weight excluding hydrogens is 250 g/mol. The molecule has 0 saturated heterocycles. The topological polar surface area (TPSA) is 71.8 Å². The molecule has 0 aliphatic carbocycles. The lowest BCUT2D eigenvalue weighted by Crippen LogP contribution is -1.96. The molecule has 100 valence electrons. The number of carbonyl (C=O) groups excluding carboxylic acids is 1. The number of aromatic nitrogens is 2. The van der Waals surface area contributed by atoms with E-state index >= 15 is 0 Å². The summed E-state index contributed by atoms with van der Waals surface area (Å²) in [6, 6.07) is 13.6. The summed E-state index contributed by atoms with van der Waals surface area (Å²) in [5, 5.41) is 7.76. The van der Waals surface area contributed by atoms with E-state index in [1.165, 1.54) is 0 Å². The predicted octanol–water partition coefficient (Wildman–Crippen LogP) is 3.40. The van der Waals surface area contributed by atoms with Crippen LogP contribution in [-0.4, -0.2) is 16.0 Å². The first kappa shape index (κ1) is 12.4. The van der Waals surface area contributed by atoms with Crippen LogP contribution in [0, 0.1) is 0 Å². The van der Waals surface area contributed by atoms with Crippen LogP contribution in [0.2, 0.25) is 0 Å². The second-order valence-corrected chi connectivity index (χ2v) is 4.73. The average Bonchev–Trinajstić information content (AvgIpc) is 2.87. The molecule has 1 aromatic heterocycles. The van der Waals surface area contributed by atoms with E-state index in [0.717, 1.165) is 27.6 Å². The quantitative estimate of drug-likeness (QED) is 0.713. The number of H-pyrrole nitrogens is 1. The van der Waals surface area contributed by atoms with Crippen molar-refractivity contribution in [1.29, 1.82) is 0 Å². The van der Waals surface area contributed by atoms with Crippen LogP contribution in [0.15, 0.2) is 42.5 Å². The number of benzene rings is 2. The molecule has 0 fully saturated rings. The molecular formula is C16H15N3O. The summed E-state index contributed by atoms with van der Waals surface area (Å²) in [7, 11) is 0. The molecule has 0 atom stereocenters.